The highest BCUT2D eigenvalue weighted by molar-refractivity contribution is 5.99. The van der Waals surface area contributed by atoms with Crippen LogP contribution in [0.15, 0.2) is 30.3 Å². The Kier molecular flexibility index (Phi) is 38.5. The lowest BCUT2D eigenvalue weighted by Gasteiger charge is -2.28. The van der Waals surface area contributed by atoms with E-state index in [1.54, 1.807) is 71.9 Å². The molecular formula is C62H101N17O19. The van der Waals surface area contributed by atoms with E-state index < -0.39 is 205 Å². The summed E-state index contributed by atoms with van der Waals surface area (Å²) in [5.74, 6) is -17.2. The van der Waals surface area contributed by atoms with Crippen molar-refractivity contribution in [1.82, 2.24) is 69.1 Å². The van der Waals surface area contributed by atoms with Gasteiger partial charge in [-0.15, -0.1) is 0 Å². The van der Waals surface area contributed by atoms with Crippen LogP contribution < -0.4 is 86.3 Å². The Morgan fingerprint density at radius 3 is 1.35 bits per heavy atom. The third kappa shape index (κ3) is 34.1. The molecule has 548 valence electrons. The molecular weight excluding hydrogens is 1290 g/mol. The van der Waals surface area contributed by atoms with Gasteiger partial charge in [0.05, 0.1) is 12.6 Å². The maximum atomic E-state index is 14.2. The molecule has 0 spiro atoms. The van der Waals surface area contributed by atoms with Gasteiger partial charge in [-0.05, 0) is 96.0 Å². The third-order valence-corrected chi connectivity index (χ3v) is 15.0. The number of benzene rings is 1. The summed E-state index contributed by atoms with van der Waals surface area (Å²) in [6.45, 7) is 14.5. The number of hydrogen-bond acceptors (Lipinski definition) is 18. The van der Waals surface area contributed by atoms with Crippen LogP contribution in [-0.2, 0) is 83.1 Å². The predicted octanol–water partition coefficient (Wildman–Crippen LogP) is -4.43. The topological polar surface area (TPSA) is 592 Å². The minimum atomic E-state index is -1.61. The second kappa shape index (κ2) is 43.9. The molecule has 0 radical (unpaired) electrons. The molecule has 0 bridgehead atoms. The Balaban J connectivity index is 3.32. The average molecular weight is 1390 g/mol. The Morgan fingerprint density at radius 2 is 0.847 bits per heavy atom. The van der Waals surface area contributed by atoms with E-state index >= 15 is 0 Å². The molecule has 13 atom stereocenters. The van der Waals surface area contributed by atoms with E-state index in [0.29, 0.717) is 12.0 Å². The highest BCUT2D eigenvalue weighted by Gasteiger charge is 2.36. The first-order valence-electron chi connectivity index (χ1n) is 32.2. The van der Waals surface area contributed by atoms with Gasteiger partial charge in [-0.25, -0.2) is 0 Å². The summed E-state index contributed by atoms with van der Waals surface area (Å²) in [6.07, 6.45) is -2.44. The van der Waals surface area contributed by atoms with Crippen LogP contribution in [0.25, 0.3) is 0 Å². The van der Waals surface area contributed by atoms with Crippen molar-refractivity contribution in [2.45, 2.75) is 219 Å². The summed E-state index contributed by atoms with van der Waals surface area (Å²) in [4.78, 5) is 210. The molecule has 0 unspecified atom stereocenters. The maximum absolute atomic E-state index is 14.2. The number of rotatable bonds is 46. The number of primary amides is 1. The summed E-state index contributed by atoms with van der Waals surface area (Å²) in [6, 6.07) is -8.41. The fraction of sp³-hybridized carbons (Fsp3) is 0.629. The van der Waals surface area contributed by atoms with E-state index in [4.69, 9.17) is 27.7 Å². The van der Waals surface area contributed by atoms with Crippen molar-refractivity contribution < 1.29 is 92.0 Å². The van der Waals surface area contributed by atoms with E-state index in [-0.39, 0.29) is 69.7 Å². The number of nitrogens with two attached hydrogens (primary N) is 3. The molecule has 0 aliphatic carbocycles. The number of hydrogen-bond donors (Lipinski definition) is 20. The molecule has 0 aliphatic rings. The predicted molar refractivity (Wildman–Crippen MR) is 352 cm³/mol. The van der Waals surface area contributed by atoms with Crippen LogP contribution >= 0.6 is 0 Å². The normalized spacial score (nSPS) is 15.0. The summed E-state index contributed by atoms with van der Waals surface area (Å²) in [5.41, 5.74) is 17.1. The molecule has 36 nitrogen and oxygen atoms in total. The highest BCUT2D eigenvalue weighted by atomic mass is 16.4. The van der Waals surface area contributed by atoms with Gasteiger partial charge in [0.2, 0.25) is 76.8 Å². The lowest BCUT2D eigenvalue weighted by atomic mass is 9.96. The van der Waals surface area contributed by atoms with Crippen molar-refractivity contribution >= 4 is 101 Å². The summed E-state index contributed by atoms with van der Waals surface area (Å²) >= 11 is 0. The Hall–Kier alpha value is -10.0. The molecule has 23 N–H and O–H groups in total. The van der Waals surface area contributed by atoms with Crippen LogP contribution in [-0.4, -0.2) is 202 Å². The smallest absolute Gasteiger partial charge is 0.325 e. The first kappa shape index (κ1) is 86.0. The van der Waals surface area contributed by atoms with E-state index in [2.05, 4.69) is 69.1 Å². The zero-order valence-corrected chi connectivity index (χ0v) is 57.1. The lowest BCUT2D eigenvalue weighted by Crippen LogP contribution is -2.60. The molecule has 1 aromatic rings. The van der Waals surface area contributed by atoms with Crippen LogP contribution in [0.5, 0.6) is 0 Å². The minimum Gasteiger partial charge on any atom is -0.481 e. The second-order valence-corrected chi connectivity index (χ2v) is 24.7. The van der Waals surface area contributed by atoms with E-state index in [1.165, 1.54) is 27.7 Å². The Morgan fingerprint density at radius 1 is 0.439 bits per heavy atom. The maximum Gasteiger partial charge on any atom is 0.325 e. The van der Waals surface area contributed by atoms with Crippen molar-refractivity contribution in [2.75, 3.05) is 13.1 Å². The number of guanidine groups is 1. The number of carboxylic acids is 3. The third-order valence-electron chi connectivity index (χ3n) is 15.0. The van der Waals surface area contributed by atoms with Gasteiger partial charge in [0.25, 0.3) is 0 Å². The summed E-state index contributed by atoms with van der Waals surface area (Å²) < 4.78 is 0. The quantitative estimate of drug-likeness (QED) is 0.0166. The van der Waals surface area contributed by atoms with Crippen LogP contribution in [0.3, 0.4) is 0 Å². The average Bonchev–Trinajstić information content (AvgIpc) is 0.927. The van der Waals surface area contributed by atoms with Gasteiger partial charge >= 0.3 is 17.9 Å². The van der Waals surface area contributed by atoms with Crippen molar-refractivity contribution in [3.8, 4) is 0 Å². The minimum absolute atomic E-state index is 0.0101. The molecule has 36 heteroatoms. The van der Waals surface area contributed by atoms with Crippen LogP contribution in [0.1, 0.15) is 145 Å². The fourth-order valence-electron chi connectivity index (χ4n) is 9.21. The zero-order valence-electron chi connectivity index (χ0n) is 57.1. The van der Waals surface area contributed by atoms with Crippen molar-refractivity contribution in [1.29, 1.82) is 5.41 Å². The van der Waals surface area contributed by atoms with Gasteiger partial charge in [-0.3, -0.25) is 82.1 Å². The van der Waals surface area contributed by atoms with Gasteiger partial charge in [-0.1, -0.05) is 78.3 Å². The highest BCUT2D eigenvalue weighted by Crippen LogP contribution is 2.14. The van der Waals surface area contributed by atoms with Crippen molar-refractivity contribution in [3.05, 3.63) is 35.9 Å². The number of aliphatic carboxylic acids is 3. The van der Waals surface area contributed by atoms with Gasteiger partial charge in [0, 0.05) is 32.2 Å². The summed E-state index contributed by atoms with van der Waals surface area (Å²) in [7, 11) is 0. The fourth-order valence-corrected chi connectivity index (χ4v) is 9.21. The van der Waals surface area contributed by atoms with Gasteiger partial charge < -0.3 is 102 Å². The number of carboxylic acid groups (broad SMARTS) is 3. The van der Waals surface area contributed by atoms with E-state index in [9.17, 15) is 86.9 Å². The number of carbonyl (C=O) groups excluding carboxylic acids is 13. The summed E-state index contributed by atoms with van der Waals surface area (Å²) in [5, 5.41) is 67.5. The first-order valence-corrected chi connectivity index (χ1v) is 32.2. The monoisotopic (exact) mass is 1390 g/mol. The molecule has 1 rings (SSSR count). The molecule has 0 fully saturated rings. The van der Waals surface area contributed by atoms with E-state index in [0.717, 1.165) is 0 Å². The van der Waals surface area contributed by atoms with Crippen LogP contribution in [0.2, 0.25) is 0 Å². The first-order chi connectivity index (χ1) is 45.8. The second-order valence-electron chi connectivity index (χ2n) is 24.7. The van der Waals surface area contributed by atoms with Crippen molar-refractivity contribution in [3.63, 3.8) is 0 Å². The molecule has 98 heavy (non-hydrogen) atoms. The van der Waals surface area contributed by atoms with Gasteiger partial charge in [0.1, 0.15) is 66.5 Å². The Bertz CT molecular complexity index is 2950. The Labute approximate surface area is 568 Å². The molecule has 0 heterocycles. The number of nitrogens with one attached hydrogen (secondary N) is 14. The molecule has 0 saturated heterocycles. The molecule has 0 aromatic heterocycles. The van der Waals surface area contributed by atoms with Gasteiger partial charge in [0.15, 0.2) is 5.96 Å². The standard InChI is InChI=1S/C62H101N17O19/c1-11-32(6)49(60(96)78-44(28-37-16-13-12-14-17-37)59(95)74-40(20-22-45(64)80)55(91)72-36(10)61(97)98)79-52(88)33(7)69-46(81)29-68-54(90)39(18-15-25-67-62(65)66)73-50(86)35(9)71-57(93)42(26-30(2)3)77-56(92)41(21-24-48(84)85)75-58(94)43(27-31(4)5)76-51(87)34(8)70-53(89)38(63)19-23-47(82)83/h12-14,16-17,30-36,38-44,49H,11,15,18-29,63H2,1-10H3,(H2,64,80)(H,68,90)(H,69,81)(H,70,89)(H,71,93)(H,72,91)(H,73,86)(H,74,95)(H,75,94)(H,76,87)(H,77,92)(H,78,96)(H,79,88)(H,82,83)(H,84,85)(H,97,98)(H4,65,66,67)/t32-,33-,34-,35-,36-,38-,39-,40-,41-,42-,43-,44-,49-/m0/s1. The van der Waals surface area contributed by atoms with E-state index in [1.807, 2.05) is 0 Å². The zero-order chi connectivity index (χ0) is 74.7. The van der Waals surface area contributed by atoms with Gasteiger partial charge in [-0.2, -0.15) is 0 Å². The molecule has 0 saturated carbocycles. The molecule has 13 amide bonds. The van der Waals surface area contributed by atoms with Crippen molar-refractivity contribution in [2.24, 2.45) is 35.0 Å². The lowest BCUT2D eigenvalue weighted by molar-refractivity contribution is -0.142. The van der Waals surface area contributed by atoms with Crippen LogP contribution in [0.4, 0.5) is 0 Å². The molecule has 1 aromatic carbocycles. The largest absolute Gasteiger partial charge is 0.481 e. The molecule has 0 aliphatic heterocycles. The number of carbonyl (C=O) groups is 16. The number of amides is 13. The SMILES string of the molecule is CC[C@H](C)[C@H](NC(=O)[C@H](C)NC(=O)CNC(=O)[C@H](CCCNC(=N)N)NC(=O)[C@H](C)NC(=O)[C@H](CC(C)C)NC(=O)[C@H](CCC(=O)O)NC(=O)[C@H](CC(C)C)NC(=O)[C@H](C)NC(=O)[C@@H](N)CCC(=O)O)C(=O)N[C@@H](Cc1ccccc1)C(=O)N[C@@H](CCC(N)=O)C(=O)N[C@@H](C)C(=O)O. The van der Waals surface area contributed by atoms with Crippen LogP contribution in [0, 0.1) is 23.2 Å².